The van der Waals surface area contributed by atoms with Crippen molar-refractivity contribution in [3.63, 3.8) is 0 Å². The Balaban J connectivity index is 1.63. The van der Waals surface area contributed by atoms with Gasteiger partial charge in [-0.15, -0.1) is 0 Å². The molecular weight excluding hydrogens is 466 g/mol. The van der Waals surface area contributed by atoms with Gasteiger partial charge in [0.2, 0.25) is 16.0 Å². The summed E-state index contributed by atoms with van der Waals surface area (Å²) in [5.74, 6) is -1.77. The molecule has 10 nitrogen and oxygen atoms in total. The number of hydrogen-bond donors (Lipinski definition) is 3. The van der Waals surface area contributed by atoms with Gasteiger partial charge in [0.15, 0.2) is 11.6 Å². The molecule has 3 heterocycles. The molecule has 2 aromatic heterocycles. The average molecular weight is 493 g/mol. The van der Waals surface area contributed by atoms with Gasteiger partial charge in [0.25, 0.3) is 0 Å². The largest absolute Gasteiger partial charge is 0.351 e. The van der Waals surface area contributed by atoms with Gasteiger partial charge in [0.05, 0.1) is 17.6 Å². The lowest BCUT2D eigenvalue weighted by atomic mass is 10.1. The van der Waals surface area contributed by atoms with E-state index in [1.54, 1.807) is 6.92 Å². The Morgan fingerprint density at radius 2 is 1.91 bits per heavy atom. The number of piperidine rings is 1. The lowest BCUT2D eigenvalue weighted by Gasteiger charge is -2.29. The van der Waals surface area contributed by atoms with Crippen LogP contribution >= 0.6 is 0 Å². The first-order valence-corrected chi connectivity index (χ1v) is 12.6. The molecule has 0 aliphatic carbocycles. The summed E-state index contributed by atoms with van der Waals surface area (Å²) in [6, 6.07) is 2.21. The molecule has 3 N–H and O–H groups in total. The summed E-state index contributed by atoms with van der Waals surface area (Å²) in [5.41, 5.74) is -0.272. The summed E-state index contributed by atoms with van der Waals surface area (Å²) in [5, 5.41) is 5.91. The summed E-state index contributed by atoms with van der Waals surface area (Å²) < 4.78 is 55.9. The van der Waals surface area contributed by atoms with Gasteiger partial charge in [-0.25, -0.2) is 37.1 Å². The van der Waals surface area contributed by atoms with E-state index in [0.29, 0.717) is 17.9 Å². The van der Waals surface area contributed by atoms with Gasteiger partial charge in [-0.2, -0.15) is 0 Å². The highest BCUT2D eigenvalue weighted by atomic mass is 32.2. The monoisotopic (exact) mass is 492 g/mol. The normalized spacial score (nSPS) is 15.4. The van der Waals surface area contributed by atoms with E-state index in [-0.39, 0.29) is 28.8 Å². The van der Waals surface area contributed by atoms with Crippen LogP contribution in [0.4, 0.5) is 31.9 Å². The smallest absolute Gasteiger partial charge is 0.232 e. The fraction of sp³-hybridized carbons (Fsp3) is 0.429. The number of aromatic nitrogens is 4. The summed E-state index contributed by atoms with van der Waals surface area (Å²) in [7, 11) is -1.70. The molecule has 1 fully saturated rings. The summed E-state index contributed by atoms with van der Waals surface area (Å²) in [6.07, 6.45) is 4.96. The Morgan fingerprint density at radius 1 is 1.15 bits per heavy atom. The third-order valence-electron chi connectivity index (χ3n) is 5.50. The van der Waals surface area contributed by atoms with Crippen molar-refractivity contribution in [1.82, 2.24) is 24.8 Å². The van der Waals surface area contributed by atoms with Crippen molar-refractivity contribution in [1.29, 1.82) is 0 Å². The van der Waals surface area contributed by atoms with Crippen LogP contribution in [0.3, 0.4) is 0 Å². The molecule has 13 heteroatoms. The lowest BCUT2D eigenvalue weighted by Crippen LogP contribution is -2.37. The van der Waals surface area contributed by atoms with E-state index in [9.17, 15) is 12.8 Å². The molecule has 1 aliphatic rings. The van der Waals surface area contributed by atoms with Crippen LogP contribution in [0.15, 0.2) is 24.7 Å². The fourth-order valence-corrected chi connectivity index (χ4v) is 4.83. The van der Waals surface area contributed by atoms with Gasteiger partial charge in [-0.05, 0) is 51.5 Å². The molecule has 0 amide bonds. The zero-order valence-corrected chi connectivity index (χ0v) is 19.7. The van der Waals surface area contributed by atoms with Crippen LogP contribution in [0.25, 0.3) is 11.0 Å². The van der Waals surface area contributed by atoms with E-state index in [2.05, 4.69) is 47.2 Å². The summed E-state index contributed by atoms with van der Waals surface area (Å²) in [6.45, 7) is 3.60. The van der Waals surface area contributed by atoms with Crippen LogP contribution < -0.4 is 15.4 Å². The molecule has 4 rings (SSSR count). The van der Waals surface area contributed by atoms with E-state index in [1.807, 2.05) is 0 Å². The maximum atomic E-state index is 15.1. The number of nitrogens with zero attached hydrogens (tertiary/aromatic N) is 5. The molecule has 1 aliphatic heterocycles. The first-order chi connectivity index (χ1) is 16.3. The molecule has 3 aromatic rings. The molecule has 1 aromatic carbocycles. The predicted molar refractivity (Wildman–Crippen MR) is 127 cm³/mol. The van der Waals surface area contributed by atoms with Gasteiger partial charge in [-0.1, -0.05) is 6.92 Å². The molecule has 0 radical (unpaired) electrons. The zero-order valence-electron chi connectivity index (χ0n) is 18.8. The molecule has 0 unspecified atom stereocenters. The third kappa shape index (κ3) is 5.47. The number of rotatable bonds is 8. The zero-order chi connectivity index (χ0) is 24.3. The number of nitrogens with one attached hydrogen (secondary N) is 3. The van der Waals surface area contributed by atoms with Gasteiger partial charge in [0, 0.05) is 6.04 Å². The predicted octanol–water partition coefficient (Wildman–Crippen LogP) is 3.10. The van der Waals surface area contributed by atoms with Gasteiger partial charge in [-0.3, -0.25) is 4.72 Å². The van der Waals surface area contributed by atoms with Crippen LogP contribution in [0.1, 0.15) is 26.2 Å². The van der Waals surface area contributed by atoms with Crippen LogP contribution in [0.5, 0.6) is 0 Å². The molecule has 0 atom stereocenters. The minimum Gasteiger partial charge on any atom is -0.351 e. The number of halogens is 2. The number of likely N-dealkylation sites (tertiary alicyclic amines) is 1. The Labute approximate surface area is 196 Å². The first-order valence-electron chi connectivity index (χ1n) is 10.9. The van der Waals surface area contributed by atoms with Crippen molar-refractivity contribution < 1.29 is 17.2 Å². The van der Waals surface area contributed by atoms with Crippen molar-refractivity contribution in [3.8, 4) is 0 Å². The van der Waals surface area contributed by atoms with Crippen LogP contribution in [-0.2, 0) is 10.0 Å². The summed E-state index contributed by atoms with van der Waals surface area (Å²) >= 11 is 0. The molecule has 0 saturated carbocycles. The standard InChI is InChI=1S/C21H26F2N8O2S/c1-3-10-34(32,33)30-15-5-4-14(22)18(17(15)23)28-20-19-16(25-12-26-20)11-24-21(29-19)27-13-6-8-31(2)9-7-13/h4-5,11-13,30H,3,6-10H2,1-2H3,(H,24,27,29)(H,25,26,28). The van der Waals surface area contributed by atoms with Gasteiger partial charge < -0.3 is 15.5 Å². The molecular formula is C21H26F2N8O2S. The van der Waals surface area contributed by atoms with Crippen molar-refractivity contribution in [3.05, 3.63) is 36.3 Å². The van der Waals surface area contributed by atoms with Crippen molar-refractivity contribution in [2.24, 2.45) is 0 Å². The number of benzene rings is 1. The number of anilines is 4. The maximum Gasteiger partial charge on any atom is 0.232 e. The van der Waals surface area contributed by atoms with Crippen LogP contribution in [0, 0.1) is 11.6 Å². The second-order valence-corrected chi connectivity index (χ2v) is 10.0. The molecule has 182 valence electrons. The summed E-state index contributed by atoms with van der Waals surface area (Å²) in [4.78, 5) is 19.2. The van der Waals surface area contributed by atoms with Gasteiger partial charge in [0.1, 0.15) is 28.9 Å². The van der Waals surface area contributed by atoms with E-state index in [0.717, 1.165) is 38.1 Å². The first kappa shape index (κ1) is 24.0. The van der Waals surface area contributed by atoms with Crippen molar-refractivity contribution >= 4 is 44.2 Å². The average Bonchev–Trinajstić information content (AvgIpc) is 2.80. The lowest BCUT2D eigenvalue weighted by molar-refractivity contribution is 0.263. The molecule has 0 spiro atoms. The van der Waals surface area contributed by atoms with Crippen LogP contribution in [0.2, 0.25) is 0 Å². The minimum atomic E-state index is -3.77. The third-order valence-corrected chi connectivity index (χ3v) is 6.98. The maximum absolute atomic E-state index is 15.1. The quantitative estimate of drug-likeness (QED) is 0.435. The Bertz CT molecular complexity index is 1280. The van der Waals surface area contributed by atoms with E-state index in [4.69, 9.17) is 0 Å². The molecule has 1 saturated heterocycles. The number of sulfonamides is 1. The highest BCUT2D eigenvalue weighted by Crippen LogP contribution is 2.30. The second kappa shape index (κ2) is 9.97. The van der Waals surface area contributed by atoms with Crippen molar-refractivity contribution in [2.45, 2.75) is 32.2 Å². The minimum absolute atomic E-state index is 0.0604. The van der Waals surface area contributed by atoms with Crippen LogP contribution in [-0.4, -0.2) is 65.2 Å². The number of fused-ring (bicyclic) bond motifs is 1. The highest BCUT2D eigenvalue weighted by Gasteiger charge is 2.21. The second-order valence-electron chi connectivity index (χ2n) is 8.20. The highest BCUT2D eigenvalue weighted by molar-refractivity contribution is 7.92. The topological polar surface area (TPSA) is 125 Å². The van der Waals surface area contributed by atoms with Gasteiger partial charge >= 0.3 is 0 Å². The molecule has 0 bridgehead atoms. The van der Waals surface area contributed by atoms with E-state index < -0.39 is 27.3 Å². The van der Waals surface area contributed by atoms with E-state index >= 15 is 4.39 Å². The molecule has 34 heavy (non-hydrogen) atoms. The Morgan fingerprint density at radius 3 is 2.65 bits per heavy atom. The van der Waals surface area contributed by atoms with E-state index in [1.165, 1.54) is 12.5 Å². The van der Waals surface area contributed by atoms with Crippen molar-refractivity contribution in [2.75, 3.05) is 41.2 Å². The fourth-order valence-electron chi connectivity index (χ4n) is 3.70. The number of hydrogen-bond acceptors (Lipinski definition) is 9. The Kier molecular flexibility index (Phi) is 7.03. The SMILES string of the molecule is CCCS(=O)(=O)Nc1ccc(F)c(Nc2ncnc3cnc(NC4CCN(C)CC4)nc23)c1F. The Hall–Kier alpha value is -3.19.